The Morgan fingerprint density at radius 2 is 1.86 bits per heavy atom. The Labute approximate surface area is 248 Å². The Bertz CT molecular complexity index is 1350. The second kappa shape index (κ2) is 13.6. The summed E-state index contributed by atoms with van der Waals surface area (Å²) in [5.74, 6) is 0.247. The summed E-state index contributed by atoms with van der Waals surface area (Å²) < 4.78 is 40.1. The second-order valence-corrected chi connectivity index (χ2v) is 13.0. The SMILES string of the molecule is COc1ccc(S(=O)(=O)Nc2ccc3c(c2)C(=O)N([C@H](C)CO)C[C@@H](C)[C@@H](CN(C)C(=O)NC2CCCCC2)O3)cc1. The second-order valence-electron chi connectivity index (χ2n) is 11.3. The van der Waals surface area contributed by atoms with Crippen molar-refractivity contribution < 1.29 is 32.6 Å². The van der Waals surface area contributed by atoms with Gasteiger partial charge in [0.1, 0.15) is 17.6 Å². The molecule has 1 heterocycles. The third kappa shape index (κ3) is 7.46. The fourth-order valence-corrected chi connectivity index (χ4v) is 6.41. The molecule has 3 amide bonds. The molecule has 12 heteroatoms. The first-order valence-corrected chi connectivity index (χ1v) is 15.9. The number of methoxy groups -OCH3 is 1. The van der Waals surface area contributed by atoms with Gasteiger partial charge in [0.25, 0.3) is 15.9 Å². The number of aliphatic hydroxyl groups is 1. The van der Waals surface area contributed by atoms with Gasteiger partial charge < -0.3 is 29.7 Å². The molecule has 0 unspecified atom stereocenters. The molecule has 1 saturated carbocycles. The predicted molar refractivity (Wildman–Crippen MR) is 159 cm³/mol. The summed E-state index contributed by atoms with van der Waals surface area (Å²) in [5.41, 5.74) is 0.351. The lowest BCUT2D eigenvalue weighted by molar-refractivity contribution is 0.0366. The summed E-state index contributed by atoms with van der Waals surface area (Å²) in [5, 5.41) is 13.0. The minimum Gasteiger partial charge on any atom is -0.497 e. The van der Waals surface area contributed by atoms with Crippen molar-refractivity contribution in [3.63, 3.8) is 0 Å². The standard InChI is InChI=1S/C30H42N4O7S/c1-20-17-34(21(2)19-35)29(36)26-16-23(32-42(38,39)25-13-11-24(40-4)12-14-25)10-15-27(26)41-28(20)18-33(3)30(37)31-22-8-6-5-7-9-22/h10-16,20-22,28,32,35H,5-9,17-19H2,1-4H3,(H,31,37)/t20-,21-,28-/m1/s1. The van der Waals surface area contributed by atoms with Crippen LogP contribution in [-0.4, -0.2) is 87.3 Å². The highest BCUT2D eigenvalue weighted by Gasteiger charge is 2.34. The van der Waals surface area contributed by atoms with Gasteiger partial charge in [0.15, 0.2) is 0 Å². The number of sulfonamides is 1. The number of ether oxygens (including phenoxy) is 2. The topological polar surface area (TPSA) is 138 Å². The van der Waals surface area contributed by atoms with E-state index in [0.717, 1.165) is 25.7 Å². The number of rotatable bonds is 9. The molecule has 1 aliphatic carbocycles. The Balaban J connectivity index is 1.58. The van der Waals surface area contributed by atoms with E-state index in [4.69, 9.17) is 9.47 Å². The van der Waals surface area contributed by atoms with Crippen LogP contribution in [-0.2, 0) is 10.0 Å². The minimum atomic E-state index is -3.95. The molecule has 42 heavy (non-hydrogen) atoms. The van der Waals surface area contributed by atoms with Crippen LogP contribution in [0.4, 0.5) is 10.5 Å². The lowest BCUT2D eigenvalue weighted by atomic mass is 9.96. The molecular formula is C30H42N4O7S. The molecule has 0 saturated heterocycles. The van der Waals surface area contributed by atoms with Gasteiger partial charge in [-0.15, -0.1) is 0 Å². The molecule has 230 valence electrons. The van der Waals surface area contributed by atoms with E-state index in [0.29, 0.717) is 5.75 Å². The van der Waals surface area contributed by atoms with Gasteiger partial charge in [-0.05, 0) is 62.2 Å². The quantitative estimate of drug-likeness (QED) is 0.398. The van der Waals surface area contributed by atoms with Crippen LogP contribution in [0, 0.1) is 5.92 Å². The monoisotopic (exact) mass is 602 g/mol. The summed E-state index contributed by atoms with van der Waals surface area (Å²) in [6.45, 7) is 4.02. The van der Waals surface area contributed by atoms with Crippen LogP contribution in [0.2, 0.25) is 0 Å². The molecule has 11 nitrogen and oxygen atoms in total. The third-order valence-electron chi connectivity index (χ3n) is 8.02. The highest BCUT2D eigenvalue weighted by Crippen LogP contribution is 2.31. The largest absolute Gasteiger partial charge is 0.497 e. The highest BCUT2D eigenvalue weighted by molar-refractivity contribution is 7.92. The van der Waals surface area contributed by atoms with Gasteiger partial charge in [0.05, 0.1) is 36.8 Å². The number of nitrogens with zero attached hydrogens (tertiary/aromatic N) is 2. The summed E-state index contributed by atoms with van der Waals surface area (Å²) in [6, 6.07) is 10.0. The number of benzene rings is 2. The highest BCUT2D eigenvalue weighted by atomic mass is 32.2. The average Bonchev–Trinajstić information content (AvgIpc) is 2.99. The Kier molecular flexibility index (Phi) is 10.2. The minimum absolute atomic E-state index is 0.0385. The Morgan fingerprint density at radius 3 is 2.50 bits per heavy atom. The molecule has 0 spiro atoms. The number of anilines is 1. The van der Waals surface area contributed by atoms with Crippen LogP contribution in [0.3, 0.4) is 0 Å². The molecule has 4 rings (SSSR count). The van der Waals surface area contributed by atoms with Crippen molar-refractivity contribution >= 4 is 27.6 Å². The number of urea groups is 1. The maximum atomic E-state index is 13.7. The van der Waals surface area contributed by atoms with Crippen LogP contribution < -0.4 is 19.5 Å². The zero-order valence-electron chi connectivity index (χ0n) is 24.7. The molecular weight excluding hydrogens is 560 g/mol. The lowest BCUT2D eigenvalue weighted by Gasteiger charge is -2.38. The first-order valence-electron chi connectivity index (χ1n) is 14.4. The van der Waals surface area contributed by atoms with E-state index < -0.39 is 22.2 Å². The van der Waals surface area contributed by atoms with E-state index in [1.165, 1.54) is 37.8 Å². The van der Waals surface area contributed by atoms with Gasteiger partial charge in [0, 0.05) is 31.2 Å². The molecule has 2 aromatic carbocycles. The zero-order valence-corrected chi connectivity index (χ0v) is 25.5. The molecule has 2 aromatic rings. The number of nitrogens with one attached hydrogen (secondary N) is 2. The Hall–Kier alpha value is -3.51. The van der Waals surface area contributed by atoms with E-state index >= 15 is 0 Å². The van der Waals surface area contributed by atoms with E-state index in [1.54, 1.807) is 42.0 Å². The third-order valence-corrected chi connectivity index (χ3v) is 9.42. The fraction of sp³-hybridized carbons (Fsp3) is 0.533. The van der Waals surface area contributed by atoms with E-state index in [-0.39, 0.29) is 65.5 Å². The summed E-state index contributed by atoms with van der Waals surface area (Å²) in [6.07, 6.45) is 4.91. The summed E-state index contributed by atoms with van der Waals surface area (Å²) in [7, 11) is -0.731. The van der Waals surface area contributed by atoms with Crippen molar-refractivity contribution in [3.05, 3.63) is 48.0 Å². The van der Waals surface area contributed by atoms with Crippen LogP contribution in [0.15, 0.2) is 47.4 Å². The van der Waals surface area contributed by atoms with E-state index in [2.05, 4.69) is 10.0 Å². The van der Waals surface area contributed by atoms with Crippen molar-refractivity contribution in [2.75, 3.05) is 38.6 Å². The number of carbonyl (C=O) groups is 2. The van der Waals surface area contributed by atoms with Crippen LogP contribution >= 0.6 is 0 Å². The number of hydrogen-bond acceptors (Lipinski definition) is 7. The Morgan fingerprint density at radius 1 is 1.17 bits per heavy atom. The van der Waals surface area contributed by atoms with Gasteiger partial charge >= 0.3 is 6.03 Å². The predicted octanol–water partition coefficient (Wildman–Crippen LogP) is 3.69. The number of aliphatic hydroxyl groups excluding tert-OH is 1. The molecule has 3 atom stereocenters. The lowest BCUT2D eigenvalue weighted by Crippen LogP contribution is -2.52. The van der Waals surface area contributed by atoms with Crippen molar-refractivity contribution in [1.82, 2.24) is 15.1 Å². The maximum Gasteiger partial charge on any atom is 0.317 e. The van der Waals surface area contributed by atoms with Gasteiger partial charge in [0.2, 0.25) is 0 Å². The van der Waals surface area contributed by atoms with E-state index in [1.807, 2.05) is 6.92 Å². The van der Waals surface area contributed by atoms with Gasteiger partial charge in [-0.3, -0.25) is 9.52 Å². The normalized spacial score (nSPS) is 20.4. The molecule has 0 radical (unpaired) electrons. The van der Waals surface area contributed by atoms with Crippen LogP contribution in [0.1, 0.15) is 56.3 Å². The number of hydrogen-bond donors (Lipinski definition) is 3. The van der Waals surface area contributed by atoms with Crippen molar-refractivity contribution in [2.45, 2.75) is 69.0 Å². The van der Waals surface area contributed by atoms with Gasteiger partial charge in [-0.2, -0.15) is 0 Å². The first-order chi connectivity index (χ1) is 20.0. The van der Waals surface area contributed by atoms with Crippen molar-refractivity contribution in [2.24, 2.45) is 5.92 Å². The number of likely N-dealkylation sites (N-methyl/N-ethyl adjacent to an activating group) is 1. The average molecular weight is 603 g/mol. The number of amides is 3. The van der Waals surface area contributed by atoms with Crippen LogP contribution in [0.25, 0.3) is 0 Å². The molecule has 1 fully saturated rings. The van der Waals surface area contributed by atoms with E-state index in [9.17, 15) is 23.1 Å². The zero-order chi connectivity index (χ0) is 30.4. The summed E-state index contributed by atoms with van der Waals surface area (Å²) >= 11 is 0. The van der Waals surface area contributed by atoms with Gasteiger partial charge in [-0.25, -0.2) is 13.2 Å². The van der Waals surface area contributed by atoms with Crippen molar-refractivity contribution in [1.29, 1.82) is 0 Å². The maximum absolute atomic E-state index is 13.7. The molecule has 0 bridgehead atoms. The van der Waals surface area contributed by atoms with Crippen molar-refractivity contribution in [3.8, 4) is 11.5 Å². The summed E-state index contributed by atoms with van der Waals surface area (Å²) in [4.78, 5) is 29.9. The first kappa shape index (κ1) is 31.4. The van der Waals surface area contributed by atoms with Gasteiger partial charge in [-0.1, -0.05) is 26.2 Å². The number of carbonyl (C=O) groups excluding carboxylic acids is 2. The smallest absolute Gasteiger partial charge is 0.317 e. The molecule has 0 aromatic heterocycles. The fourth-order valence-electron chi connectivity index (χ4n) is 5.36. The molecule has 1 aliphatic heterocycles. The molecule has 3 N–H and O–H groups in total. The molecule has 2 aliphatic rings. The van der Waals surface area contributed by atoms with Crippen LogP contribution in [0.5, 0.6) is 11.5 Å². The number of fused-ring (bicyclic) bond motifs is 1.